The van der Waals surface area contributed by atoms with Crippen molar-refractivity contribution in [2.24, 2.45) is 5.92 Å². The molecule has 13 heavy (non-hydrogen) atoms. The summed E-state index contributed by atoms with van der Waals surface area (Å²) in [5.74, 6) is -1.31. The molecule has 0 fully saturated rings. The van der Waals surface area contributed by atoms with E-state index in [1.54, 1.807) is 0 Å². The lowest BCUT2D eigenvalue weighted by molar-refractivity contribution is 0.281. The second-order valence-electron chi connectivity index (χ2n) is 2.99. The van der Waals surface area contributed by atoms with Crippen molar-refractivity contribution < 1.29 is 13.5 Å². The second kappa shape index (κ2) is 4.21. The summed E-state index contributed by atoms with van der Waals surface area (Å²) in [7, 11) is 0. The van der Waals surface area contributed by atoms with E-state index < -0.39 is 11.6 Å². The molecule has 1 radical (unpaired) electrons. The molecule has 1 nitrogen and oxygen atoms in total. The van der Waals surface area contributed by atoms with E-state index in [2.05, 4.69) is 6.92 Å². The van der Waals surface area contributed by atoms with Crippen molar-refractivity contribution in [1.82, 2.24) is 0 Å². The van der Waals surface area contributed by atoms with Gasteiger partial charge < -0.3 is 4.74 Å². The summed E-state index contributed by atoms with van der Waals surface area (Å²) < 4.78 is 30.2. The third-order valence-corrected chi connectivity index (χ3v) is 1.43. The minimum absolute atomic E-state index is 0.119. The van der Waals surface area contributed by atoms with E-state index in [9.17, 15) is 8.78 Å². The van der Waals surface area contributed by atoms with Gasteiger partial charge in [-0.15, -0.1) is 0 Å². The Labute approximate surface area is 76.3 Å². The van der Waals surface area contributed by atoms with E-state index >= 15 is 0 Å². The van der Waals surface area contributed by atoms with Crippen LogP contribution in [-0.4, -0.2) is 6.61 Å². The van der Waals surface area contributed by atoms with Crippen LogP contribution in [0.3, 0.4) is 0 Å². The van der Waals surface area contributed by atoms with Crippen molar-refractivity contribution >= 4 is 0 Å². The molecule has 1 aromatic carbocycles. The molecule has 1 unspecified atom stereocenters. The van der Waals surface area contributed by atoms with Crippen LogP contribution in [0.25, 0.3) is 0 Å². The van der Waals surface area contributed by atoms with Gasteiger partial charge in [0.25, 0.3) is 0 Å². The lowest BCUT2D eigenvalue weighted by Gasteiger charge is -2.08. The highest BCUT2D eigenvalue weighted by Gasteiger charge is 2.03. The van der Waals surface area contributed by atoms with Gasteiger partial charge in [0.05, 0.1) is 6.61 Å². The van der Waals surface area contributed by atoms with E-state index in [1.165, 1.54) is 6.07 Å². The molecule has 71 valence electrons. The largest absolute Gasteiger partial charge is 0.493 e. The van der Waals surface area contributed by atoms with Gasteiger partial charge in [0.2, 0.25) is 0 Å². The predicted molar refractivity (Wildman–Crippen MR) is 46.4 cm³/mol. The maximum Gasteiger partial charge on any atom is 0.162 e. The summed E-state index contributed by atoms with van der Waals surface area (Å²) in [6, 6.07) is 3.46. The van der Waals surface area contributed by atoms with Crippen molar-refractivity contribution in [3.8, 4) is 5.75 Å². The molecule has 0 heterocycles. The minimum atomic E-state index is -0.894. The summed E-state index contributed by atoms with van der Waals surface area (Å²) in [6.45, 7) is 5.97. The average molecular weight is 185 g/mol. The van der Waals surface area contributed by atoms with Gasteiger partial charge in [-0.2, -0.15) is 0 Å². The van der Waals surface area contributed by atoms with E-state index in [4.69, 9.17) is 4.74 Å². The Hall–Kier alpha value is -1.12. The SMILES string of the molecule is [CH2]C(C)COc1ccc(F)c(F)c1. The quantitative estimate of drug-likeness (QED) is 0.703. The zero-order valence-electron chi connectivity index (χ0n) is 7.39. The monoisotopic (exact) mass is 185 g/mol. The Kier molecular flexibility index (Phi) is 3.23. The smallest absolute Gasteiger partial charge is 0.162 e. The molecule has 0 aliphatic rings. The molecule has 0 N–H and O–H groups in total. The van der Waals surface area contributed by atoms with Crippen LogP contribution < -0.4 is 4.74 Å². The van der Waals surface area contributed by atoms with Crippen LogP contribution >= 0.6 is 0 Å². The predicted octanol–water partition coefficient (Wildman–Crippen LogP) is 2.81. The lowest BCUT2D eigenvalue weighted by atomic mass is 10.2. The number of benzene rings is 1. The number of hydrogen-bond donors (Lipinski definition) is 0. The summed E-state index contributed by atoms with van der Waals surface area (Å²) in [4.78, 5) is 0. The fourth-order valence-corrected chi connectivity index (χ4v) is 0.805. The van der Waals surface area contributed by atoms with Gasteiger partial charge in [-0.05, 0) is 25.0 Å². The van der Waals surface area contributed by atoms with Gasteiger partial charge in [0.1, 0.15) is 5.75 Å². The molecule has 0 spiro atoms. The van der Waals surface area contributed by atoms with Crippen LogP contribution in [0.1, 0.15) is 6.92 Å². The van der Waals surface area contributed by atoms with Gasteiger partial charge >= 0.3 is 0 Å². The van der Waals surface area contributed by atoms with Gasteiger partial charge in [-0.25, -0.2) is 8.78 Å². The molecule has 1 aromatic rings. The van der Waals surface area contributed by atoms with E-state index in [1.807, 2.05) is 6.92 Å². The normalized spacial score (nSPS) is 10.5. The molecule has 0 amide bonds. The Bertz CT molecular complexity index is 284. The van der Waals surface area contributed by atoms with Crippen LogP contribution in [0.4, 0.5) is 8.78 Å². The Balaban J connectivity index is 2.63. The van der Waals surface area contributed by atoms with Crippen molar-refractivity contribution in [1.29, 1.82) is 0 Å². The lowest BCUT2D eigenvalue weighted by Crippen LogP contribution is -2.05. The van der Waals surface area contributed by atoms with Crippen LogP contribution in [0.5, 0.6) is 5.75 Å². The number of hydrogen-bond acceptors (Lipinski definition) is 1. The summed E-state index contributed by atoms with van der Waals surface area (Å²) in [6.07, 6.45) is 0. The molecule has 0 aliphatic heterocycles. The molecule has 0 aromatic heterocycles. The van der Waals surface area contributed by atoms with Crippen molar-refractivity contribution in [2.75, 3.05) is 6.61 Å². The molecule has 1 rings (SSSR count). The first-order valence-corrected chi connectivity index (χ1v) is 4.00. The van der Waals surface area contributed by atoms with E-state index in [0.29, 0.717) is 12.4 Å². The molecule has 0 saturated heterocycles. The second-order valence-corrected chi connectivity index (χ2v) is 2.99. The third kappa shape index (κ3) is 3.01. The highest BCUT2D eigenvalue weighted by molar-refractivity contribution is 5.23. The highest BCUT2D eigenvalue weighted by atomic mass is 19.2. The van der Waals surface area contributed by atoms with Gasteiger partial charge in [0, 0.05) is 6.07 Å². The summed E-state index contributed by atoms with van der Waals surface area (Å²) in [5.41, 5.74) is 0. The third-order valence-electron chi connectivity index (χ3n) is 1.43. The molecular weight excluding hydrogens is 174 g/mol. The topological polar surface area (TPSA) is 9.23 Å². The summed E-state index contributed by atoms with van der Waals surface area (Å²) in [5, 5.41) is 0. The number of ether oxygens (including phenoxy) is 1. The highest BCUT2D eigenvalue weighted by Crippen LogP contribution is 2.15. The van der Waals surface area contributed by atoms with E-state index in [-0.39, 0.29) is 5.92 Å². The molecular formula is C10H11F2O. The average Bonchev–Trinajstić information content (AvgIpc) is 2.07. The maximum absolute atomic E-state index is 12.6. The zero-order valence-corrected chi connectivity index (χ0v) is 7.39. The minimum Gasteiger partial charge on any atom is -0.493 e. The molecule has 3 heteroatoms. The Morgan fingerprint density at radius 1 is 1.38 bits per heavy atom. The zero-order chi connectivity index (χ0) is 9.84. The fourth-order valence-electron chi connectivity index (χ4n) is 0.805. The standard InChI is InChI=1S/C10H11F2O/c1-7(2)6-13-8-3-4-9(11)10(12)5-8/h3-5,7H,1,6H2,2H3. The first-order valence-electron chi connectivity index (χ1n) is 4.00. The van der Waals surface area contributed by atoms with Crippen LogP contribution in [0, 0.1) is 24.5 Å². The first kappa shape index (κ1) is 9.96. The first-order chi connectivity index (χ1) is 6.09. The van der Waals surface area contributed by atoms with Crippen molar-refractivity contribution in [2.45, 2.75) is 6.92 Å². The van der Waals surface area contributed by atoms with Crippen molar-refractivity contribution in [3.05, 3.63) is 36.8 Å². The van der Waals surface area contributed by atoms with Gasteiger partial charge in [-0.3, -0.25) is 0 Å². The maximum atomic E-state index is 12.6. The molecule has 1 atom stereocenters. The molecule has 0 bridgehead atoms. The Morgan fingerprint density at radius 2 is 2.08 bits per heavy atom. The van der Waals surface area contributed by atoms with Gasteiger partial charge in [-0.1, -0.05) is 6.92 Å². The fraction of sp³-hybridized carbons (Fsp3) is 0.300. The van der Waals surface area contributed by atoms with Crippen molar-refractivity contribution in [3.63, 3.8) is 0 Å². The van der Waals surface area contributed by atoms with Gasteiger partial charge in [0.15, 0.2) is 11.6 Å². The molecule has 0 aliphatic carbocycles. The summed E-state index contributed by atoms with van der Waals surface area (Å²) >= 11 is 0. The van der Waals surface area contributed by atoms with Crippen LogP contribution in [-0.2, 0) is 0 Å². The van der Waals surface area contributed by atoms with E-state index in [0.717, 1.165) is 12.1 Å². The number of halogens is 2. The van der Waals surface area contributed by atoms with Crippen LogP contribution in [0.15, 0.2) is 18.2 Å². The van der Waals surface area contributed by atoms with Crippen LogP contribution in [0.2, 0.25) is 0 Å². The Morgan fingerprint density at radius 3 is 2.62 bits per heavy atom. The molecule has 0 saturated carbocycles. The number of rotatable bonds is 3.